The molecule has 10 nitrogen and oxygen atoms in total. The summed E-state index contributed by atoms with van der Waals surface area (Å²) in [6, 6.07) is 4.15. The first-order valence-electron chi connectivity index (χ1n) is 9.52. The molecule has 0 saturated heterocycles. The van der Waals surface area contributed by atoms with Gasteiger partial charge in [-0.25, -0.2) is 0 Å². The van der Waals surface area contributed by atoms with Crippen LogP contribution in [0.15, 0.2) is 35.1 Å². The van der Waals surface area contributed by atoms with E-state index in [1.807, 2.05) is 0 Å². The van der Waals surface area contributed by atoms with Gasteiger partial charge in [0.15, 0.2) is 5.60 Å². The average molecular weight is 430 g/mol. The van der Waals surface area contributed by atoms with E-state index < -0.39 is 74.5 Å². The number of hydrogen-bond acceptors (Lipinski definition) is 9. The Kier molecular flexibility index (Phi) is 4.03. The Bertz CT molecular complexity index is 1150. The summed E-state index contributed by atoms with van der Waals surface area (Å²) < 4.78 is 0. The molecule has 1 saturated carbocycles. The highest BCUT2D eigenvalue weighted by Gasteiger charge is 2.69. The monoisotopic (exact) mass is 430 g/mol. The third kappa shape index (κ3) is 2.29. The number of nitrogens with two attached hydrogens (primary N) is 2. The van der Waals surface area contributed by atoms with Crippen molar-refractivity contribution < 1.29 is 39.9 Å². The summed E-state index contributed by atoms with van der Waals surface area (Å²) in [5.41, 5.74) is 3.18. The highest BCUT2D eigenvalue weighted by atomic mass is 16.3. The molecule has 0 bridgehead atoms. The molecule has 0 radical (unpaired) electrons. The lowest BCUT2D eigenvalue weighted by Crippen LogP contribution is -2.71. The Balaban J connectivity index is 2.04. The fourth-order valence-corrected chi connectivity index (χ4v) is 5.26. The number of amides is 1. The average Bonchev–Trinajstić information content (AvgIpc) is 2.66. The van der Waals surface area contributed by atoms with E-state index in [1.54, 1.807) is 0 Å². The van der Waals surface area contributed by atoms with Gasteiger partial charge in [-0.1, -0.05) is 12.1 Å². The van der Waals surface area contributed by atoms with Crippen LogP contribution in [0.5, 0.6) is 5.75 Å². The van der Waals surface area contributed by atoms with Crippen molar-refractivity contribution in [2.45, 2.75) is 37.0 Å². The molecular weight excluding hydrogens is 408 g/mol. The van der Waals surface area contributed by atoms with Crippen molar-refractivity contribution in [2.24, 2.45) is 23.3 Å². The molecule has 3 aliphatic carbocycles. The maximum absolute atomic E-state index is 13.5. The second-order valence-electron chi connectivity index (χ2n) is 8.75. The zero-order valence-electron chi connectivity index (χ0n) is 16.7. The van der Waals surface area contributed by atoms with E-state index in [-0.39, 0.29) is 17.5 Å². The highest BCUT2D eigenvalue weighted by molar-refractivity contribution is 6.33. The first-order valence-corrected chi connectivity index (χ1v) is 9.52. The Morgan fingerprint density at radius 2 is 1.71 bits per heavy atom. The molecule has 1 fully saturated rings. The maximum Gasteiger partial charge on any atom is 0.255 e. The van der Waals surface area contributed by atoms with E-state index >= 15 is 0 Å². The predicted molar refractivity (Wildman–Crippen MR) is 105 cm³/mol. The van der Waals surface area contributed by atoms with E-state index in [0.29, 0.717) is 0 Å². The molecule has 4 rings (SSSR count). The van der Waals surface area contributed by atoms with E-state index in [9.17, 15) is 39.9 Å². The Morgan fingerprint density at radius 3 is 2.29 bits per heavy atom. The second-order valence-corrected chi connectivity index (χ2v) is 8.75. The van der Waals surface area contributed by atoms with Gasteiger partial charge in [0, 0.05) is 17.4 Å². The Morgan fingerprint density at radius 1 is 1.10 bits per heavy atom. The zero-order chi connectivity index (χ0) is 23.3. The van der Waals surface area contributed by atoms with E-state index in [0.717, 1.165) is 0 Å². The number of aromatic hydroxyl groups is 1. The van der Waals surface area contributed by atoms with Crippen LogP contribution >= 0.6 is 0 Å². The number of benzene rings is 1. The third-order valence-corrected chi connectivity index (χ3v) is 6.96. The molecule has 1 aromatic carbocycles. The number of aliphatic hydroxyl groups is 4. The fraction of sp³-hybridized carbons (Fsp3) is 0.381. The number of carbonyl (C=O) groups is 3. The molecule has 0 aromatic heterocycles. The van der Waals surface area contributed by atoms with Crippen molar-refractivity contribution in [3.63, 3.8) is 0 Å². The lowest BCUT2D eigenvalue weighted by molar-refractivity contribution is -0.166. The first kappa shape index (κ1) is 21.0. The van der Waals surface area contributed by atoms with Gasteiger partial charge in [-0.05, 0) is 31.9 Å². The van der Waals surface area contributed by atoms with Crippen LogP contribution in [0.4, 0.5) is 0 Å². The minimum absolute atomic E-state index is 0.135. The summed E-state index contributed by atoms with van der Waals surface area (Å²) in [4.78, 5) is 38.4. The standard InChI is InChI=1S/C21H22N2O8/c1-19(23)10-6-8-12(14(25)11-7(20(8,2)30)4-3-5-9(11)24)16(27)21(10,31)17(28)13(15(19)26)18(22)29/h3-5,8,10,24-26,30-31H,6,23H2,1-2H3,(H2,22,29)/t8?,10?,19-,20?,21?/m0/s1. The number of ketones is 2. The maximum atomic E-state index is 13.5. The van der Waals surface area contributed by atoms with Gasteiger partial charge in [-0.3, -0.25) is 14.4 Å². The summed E-state index contributed by atoms with van der Waals surface area (Å²) in [5, 5.41) is 54.3. The number of phenolic OH excluding ortho intramolecular Hbond substituents is 1. The van der Waals surface area contributed by atoms with Crippen LogP contribution in [0.3, 0.4) is 0 Å². The van der Waals surface area contributed by atoms with Gasteiger partial charge in [-0.2, -0.15) is 0 Å². The third-order valence-electron chi connectivity index (χ3n) is 6.96. The van der Waals surface area contributed by atoms with Crippen LogP contribution < -0.4 is 11.5 Å². The van der Waals surface area contributed by atoms with E-state index in [2.05, 4.69) is 0 Å². The van der Waals surface area contributed by atoms with Crippen LogP contribution in [-0.4, -0.2) is 54.1 Å². The molecule has 1 aromatic rings. The number of fused-ring (bicyclic) bond motifs is 3. The molecule has 164 valence electrons. The smallest absolute Gasteiger partial charge is 0.255 e. The molecule has 9 N–H and O–H groups in total. The van der Waals surface area contributed by atoms with Crippen molar-refractivity contribution in [2.75, 3.05) is 0 Å². The Hall–Kier alpha value is -3.21. The molecule has 0 aliphatic heterocycles. The number of aliphatic hydroxyl groups excluding tert-OH is 2. The topological polar surface area (TPSA) is 204 Å². The summed E-state index contributed by atoms with van der Waals surface area (Å²) in [5.74, 6) is -8.67. The number of Topliss-reactive ketones (excluding diaryl/α,β-unsaturated/α-hetero) is 2. The lowest BCUT2D eigenvalue weighted by atomic mass is 9.51. The minimum atomic E-state index is -2.92. The van der Waals surface area contributed by atoms with Gasteiger partial charge in [0.25, 0.3) is 5.91 Å². The van der Waals surface area contributed by atoms with Crippen molar-refractivity contribution in [1.82, 2.24) is 0 Å². The second kappa shape index (κ2) is 5.94. The highest BCUT2D eigenvalue weighted by Crippen LogP contribution is 2.57. The largest absolute Gasteiger partial charge is 0.509 e. The number of phenols is 1. The summed E-state index contributed by atoms with van der Waals surface area (Å²) in [6.45, 7) is 2.59. The number of primary amides is 1. The van der Waals surface area contributed by atoms with E-state index in [4.69, 9.17) is 11.5 Å². The molecule has 5 atom stereocenters. The minimum Gasteiger partial charge on any atom is -0.509 e. The molecule has 4 unspecified atom stereocenters. The first-order chi connectivity index (χ1) is 14.2. The van der Waals surface area contributed by atoms with Gasteiger partial charge >= 0.3 is 0 Å². The molecule has 3 aliphatic rings. The molecular formula is C21H22N2O8. The van der Waals surface area contributed by atoms with Gasteiger partial charge in [0.1, 0.15) is 22.8 Å². The number of rotatable bonds is 1. The quantitative estimate of drug-likeness (QED) is 0.224. The molecule has 31 heavy (non-hydrogen) atoms. The number of hydrogen-bond donors (Lipinski definition) is 7. The lowest BCUT2D eigenvalue weighted by Gasteiger charge is -2.54. The zero-order valence-corrected chi connectivity index (χ0v) is 16.7. The van der Waals surface area contributed by atoms with Crippen LogP contribution in [0, 0.1) is 11.8 Å². The van der Waals surface area contributed by atoms with Gasteiger partial charge < -0.3 is 37.0 Å². The summed E-state index contributed by atoms with van der Waals surface area (Å²) in [6.07, 6.45) is -0.307. The van der Waals surface area contributed by atoms with Crippen molar-refractivity contribution >= 4 is 23.2 Å². The van der Waals surface area contributed by atoms with Crippen LogP contribution in [0.25, 0.3) is 5.76 Å². The number of carbonyl (C=O) groups excluding carboxylic acids is 3. The SMILES string of the molecule is CC1(O)c2cccc(O)c2C(O)=C2C(=O)C3(O)C(=O)C(C(N)=O)=C(O)[C@@](C)(N)C3CC21. The summed E-state index contributed by atoms with van der Waals surface area (Å²) >= 11 is 0. The predicted octanol–water partition coefficient (Wildman–Crippen LogP) is -0.584. The molecule has 0 heterocycles. The van der Waals surface area contributed by atoms with Gasteiger partial charge in [-0.15, -0.1) is 0 Å². The van der Waals surface area contributed by atoms with E-state index in [1.165, 1.54) is 32.0 Å². The van der Waals surface area contributed by atoms with Crippen molar-refractivity contribution in [1.29, 1.82) is 0 Å². The summed E-state index contributed by atoms with van der Waals surface area (Å²) in [7, 11) is 0. The van der Waals surface area contributed by atoms with Crippen LogP contribution in [0.2, 0.25) is 0 Å². The molecule has 10 heteroatoms. The van der Waals surface area contributed by atoms with Crippen molar-refractivity contribution in [3.8, 4) is 5.75 Å². The normalized spacial score (nSPS) is 37.3. The van der Waals surface area contributed by atoms with Crippen LogP contribution in [0.1, 0.15) is 31.4 Å². The Labute approximate surface area is 176 Å². The van der Waals surface area contributed by atoms with Crippen molar-refractivity contribution in [3.05, 3.63) is 46.2 Å². The van der Waals surface area contributed by atoms with Gasteiger partial charge in [0.2, 0.25) is 11.6 Å². The van der Waals surface area contributed by atoms with Crippen LogP contribution in [-0.2, 0) is 20.0 Å². The van der Waals surface area contributed by atoms with Gasteiger partial charge in [0.05, 0.1) is 16.7 Å². The molecule has 1 amide bonds. The fourth-order valence-electron chi connectivity index (χ4n) is 5.26. The molecule has 0 spiro atoms.